The highest BCUT2D eigenvalue weighted by molar-refractivity contribution is 9.10. The molecule has 130 valence electrons. The van der Waals surface area contributed by atoms with Crippen LogP contribution >= 0.6 is 39.1 Å². The van der Waals surface area contributed by atoms with Crippen LogP contribution in [0.2, 0.25) is 0 Å². The molecule has 3 nitrogen and oxygen atoms in total. The summed E-state index contributed by atoms with van der Waals surface area (Å²) in [6.45, 7) is 0. The molecule has 3 aromatic rings. The summed E-state index contributed by atoms with van der Waals surface area (Å²) >= 11 is 14.5. The zero-order valence-electron chi connectivity index (χ0n) is 13.3. The van der Waals surface area contributed by atoms with Gasteiger partial charge in [-0.25, -0.2) is 0 Å². The maximum Gasteiger partial charge on any atom is 0.252 e. The van der Waals surface area contributed by atoms with Gasteiger partial charge in [0.25, 0.3) is 10.5 Å². The normalized spacial score (nSPS) is 10.4. The summed E-state index contributed by atoms with van der Waals surface area (Å²) in [5, 5.41) is -1.01. The van der Waals surface area contributed by atoms with Crippen LogP contribution in [0.4, 0.5) is 17.1 Å². The molecule has 0 saturated carbocycles. The Hall–Kier alpha value is -2.14. The van der Waals surface area contributed by atoms with Crippen LogP contribution in [0, 0.1) is 0 Å². The summed E-state index contributed by atoms with van der Waals surface area (Å²) in [6.07, 6.45) is 0. The topological polar surface area (TPSA) is 37.4 Å². The van der Waals surface area contributed by atoms with Crippen LogP contribution in [0.1, 0.15) is 20.7 Å². The molecule has 0 fully saturated rings. The lowest BCUT2D eigenvalue weighted by Gasteiger charge is -2.25. The van der Waals surface area contributed by atoms with Gasteiger partial charge in [-0.1, -0.05) is 15.9 Å². The zero-order valence-corrected chi connectivity index (χ0v) is 16.4. The predicted molar refractivity (Wildman–Crippen MR) is 109 cm³/mol. The van der Waals surface area contributed by atoms with E-state index < -0.39 is 10.5 Å². The van der Waals surface area contributed by atoms with E-state index in [9.17, 15) is 9.59 Å². The van der Waals surface area contributed by atoms with E-state index in [4.69, 9.17) is 23.2 Å². The Morgan fingerprint density at radius 2 is 0.923 bits per heavy atom. The quantitative estimate of drug-likeness (QED) is 0.408. The molecule has 0 bridgehead atoms. The van der Waals surface area contributed by atoms with E-state index in [2.05, 4.69) is 15.9 Å². The zero-order chi connectivity index (χ0) is 18.7. The third-order valence-corrected chi connectivity index (χ3v) is 4.75. The Morgan fingerprint density at radius 1 is 0.615 bits per heavy atom. The minimum atomic E-state index is -0.503. The number of anilines is 3. The lowest BCUT2D eigenvalue weighted by Crippen LogP contribution is -2.10. The third-order valence-electron chi connectivity index (χ3n) is 3.79. The summed E-state index contributed by atoms with van der Waals surface area (Å²) < 4.78 is 0.965. The molecule has 0 amide bonds. The van der Waals surface area contributed by atoms with E-state index in [1.54, 1.807) is 24.3 Å². The molecule has 0 saturated heterocycles. The largest absolute Gasteiger partial charge is 0.311 e. The van der Waals surface area contributed by atoms with E-state index >= 15 is 0 Å². The number of carbonyl (C=O) groups excluding carboxylic acids is 2. The smallest absolute Gasteiger partial charge is 0.252 e. The molecular weight excluding hydrogens is 437 g/mol. The number of nitrogens with zero attached hydrogens (tertiary/aromatic N) is 1. The molecule has 3 rings (SSSR count). The van der Waals surface area contributed by atoms with Crippen LogP contribution < -0.4 is 4.90 Å². The second-order valence-electron chi connectivity index (χ2n) is 5.45. The molecule has 0 aliphatic rings. The van der Waals surface area contributed by atoms with Crippen molar-refractivity contribution in [3.8, 4) is 0 Å². The Bertz CT molecular complexity index is 882. The molecule has 0 aliphatic carbocycles. The number of hydrogen-bond acceptors (Lipinski definition) is 3. The number of carbonyl (C=O) groups is 2. The van der Waals surface area contributed by atoms with Gasteiger partial charge in [0.15, 0.2) is 0 Å². The van der Waals surface area contributed by atoms with Crippen molar-refractivity contribution in [1.82, 2.24) is 0 Å². The summed E-state index contributed by atoms with van der Waals surface area (Å²) in [5.41, 5.74) is 3.46. The molecule has 26 heavy (non-hydrogen) atoms. The second-order valence-corrected chi connectivity index (χ2v) is 7.06. The average Bonchev–Trinajstić information content (AvgIpc) is 2.64. The first-order chi connectivity index (χ1) is 12.5. The van der Waals surface area contributed by atoms with E-state index in [1.165, 1.54) is 0 Å². The van der Waals surface area contributed by atoms with Crippen LogP contribution in [0.3, 0.4) is 0 Å². The molecule has 0 unspecified atom stereocenters. The minimum Gasteiger partial charge on any atom is -0.311 e. The van der Waals surface area contributed by atoms with Crippen LogP contribution in [-0.4, -0.2) is 10.5 Å². The summed E-state index contributed by atoms with van der Waals surface area (Å²) in [6, 6.07) is 21.8. The molecule has 0 spiro atoms. The van der Waals surface area contributed by atoms with Crippen molar-refractivity contribution < 1.29 is 9.59 Å². The minimum absolute atomic E-state index is 0.425. The van der Waals surface area contributed by atoms with Crippen molar-refractivity contribution >= 4 is 66.7 Å². The summed E-state index contributed by atoms with van der Waals surface area (Å²) in [5.74, 6) is 0. The fourth-order valence-electron chi connectivity index (χ4n) is 2.52. The van der Waals surface area contributed by atoms with Gasteiger partial charge in [-0.3, -0.25) is 9.59 Å². The third kappa shape index (κ3) is 4.15. The van der Waals surface area contributed by atoms with Gasteiger partial charge in [0.1, 0.15) is 0 Å². The van der Waals surface area contributed by atoms with Crippen LogP contribution in [0.15, 0.2) is 77.3 Å². The fourth-order valence-corrected chi connectivity index (χ4v) is 3.04. The summed E-state index contributed by atoms with van der Waals surface area (Å²) in [7, 11) is 0. The van der Waals surface area contributed by atoms with E-state index in [-0.39, 0.29) is 0 Å². The van der Waals surface area contributed by atoms with Crippen molar-refractivity contribution in [2.75, 3.05) is 4.90 Å². The number of halogens is 3. The fraction of sp³-hybridized carbons (Fsp3) is 0. The molecule has 0 N–H and O–H groups in total. The van der Waals surface area contributed by atoms with Crippen LogP contribution in [0.5, 0.6) is 0 Å². The van der Waals surface area contributed by atoms with Gasteiger partial charge < -0.3 is 4.90 Å². The van der Waals surface area contributed by atoms with Gasteiger partial charge in [0.05, 0.1) is 0 Å². The van der Waals surface area contributed by atoms with Gasteiger partial charge in [-0.2, -0.15) is 0 Å². The van der Waals surface area contributed by atoms with E-state index in [0.717, 1.165) is 21.5 Å². The van der Waals surface area contributed by atoms with Crippen molar-refractivity contribution in [3.63, 3.8) is 0 Å². The highest BCUT2D eigenvalue weighted by Crippen LogP contribution is 2.35. The van der Waals surface area contributed by atoms with Crippen LogP contribution in [0.25, 0.3) is 0 Å². The molecule has 6 heteroatoms. The lowest BCUT2D eigenvalue weighted by molar-refractivity contribution is 0.107. The maximum atomic E-state index is 11.3. The molecule has 0 aromatic heterocycles. The summed E-state index contributed by atoms with van der Waals surface area (Å²) in [4.78, 5) is 24.6. The Morgan fingerprint density at radius 3 is 1.23 bits per heavy atom. The second kappa shape index (κ2) is 8.04. The van der Waals surface area contributed by atoms with Crippen molar-refractivity contribution in [2.45, 2.75) is 0 Å². The van der Waals surface area contributed by atoms with Crippen molar-refractivity contribution in [3.05, 3.63) is 88.4 Å². The number of hydrogen-bond donors (Lipinski definition) is 0. The Labute approximate surface area is 169 Å². The molecule has 3 aromatic carbocycles. The van der Waals surface area contributed by atoms with Gasteiger partial charge in [0, 0.05) is 32.7 Å². The molecule has 0 radical (unpaired) electrons. The molecule has 0 aliphatic heterocycles. The van der Waals surface area contributed by atoms with Gasteiger partial charge >= 0.3 is 0 Å². The maximum absolute atomic E-state index is 11.3. The first-order valence-electron chi connectivity index (χ1n) is 7.61. The number of benzene rings is 3. The Kier molecular flexibility index (Phi) is 5.77. The highest BCUT2D eigenvalue weighted by atomic mass is 79.9. The SMILES string of the molecule is O=C(Cl)c1ccc(N(c2ccc(Br)cc2)c2ccc(C(=O)Cl)cc2)cc1. The average molecular weight is 449 g/mol. The standard InChI is InChI=1S/C20H12BrCl2NO2/c21-15-5-11-18(12-6-15)24(16-7-1-13(2-8-16)19(22)25)17-9-3-14(4-10-17)20(23)26/h1-12H. The lowest BCUT2D eigenvalue weighted by atomic mass is 10.1. The van der Waals surface area contributed by atoms with E-state index in [1.807, 2.05) is 53.4 Å². The van der Waals surface area contributed by atoms with Gasteiger partial charge in [0.2, 0.25) is 0 Å². The van der Waals surface area contributed by atoms with Crippen molar-refractivity contribution in [1.29, 1.82) is 0 Å². The van der Waals surface area contributed by atoms with E-state index in [0.29, 0.717) is 11.1 Å². The molecule has 0 heterocycles. The molecule has 0 atom stereocenters. The van der Waals surface area contributed by atoms with Gasteiger partial charge in [-0.05, 0) is 96.0 Å². The first-order valence-corrected chi connectivity index (χ1v) is 9.16. The number of rotatable bonds is 5. The van der Waals surface area contributed by atoms with Crippen LogP contribution in [-0.2, 0) is 0 Å². The predicted octanol–water partition coefficient (Wildman–Crippen LogP) is 6.68. The first kappa shape index (κ1) is 18.6. The highest BCUT2D eigenvalue weighted by Gasteiger charge is 2.14. The Balaban J connectivity index is 2.08. The van der Waals surface area contributed by atoms with Gasteiger partial charge in [-0.15, -0.1) is 0 Å². The monoisotopic (exact) mass is 447 g/mol. The molecular formula is C20H12BrCl2NO2. The van der Waals surface area contributed by atoms with Crippen molar-refractivity contribution in [2.24, 2.45) is 0 Å².